The molecule has 3 rings (SSSR count). The lowest BCUT2D eigenvalue weighted by atomic mass is 10.1. The largest absolute Gasteiger partial charge is 0.478 e. The molecule has 1 atom stereocenters. The fourth-order valence-corrected chi connectivity index (χ4v) is 3.04. The Morgan fingerprint density at radius 2 is 2.30 bits per heavy atom. The standard InChI is InChI=1S/C15H22N2O3/c1-10-14(15(18)19)6-13(20-10)8-16-7-11-4-5-17(9-11)12-2-3-12/h6,11-12,16H,2-5,7-9H2,1H3,(H,18,19). The van der Waals surface area contributed by atoms with Gasteiger partial charge in [-0.1, -0.05) is 0 Å². The number of nitrogens with zero attached hydrogens (tertiary/aromatic N) is 1. The van der Waals surface area contributed by atoms with Gasteiger partial charge in [-0.2, -0.15) is 0 Å². The highest BCUT2D eigenvalue weighted by Gasteiger charge is 2.34. The first-order valence-corrected chi connectivity index (χ1v) is 7.41. The molecule has 1 aromatic rings. The lowest BCUT2D eigenvalue weighted by Crippen LogP contribution is -2.27. The van der Waals surface area contributed by atoms with Crippen LogP contribution in [0, 0.1) is 12.8 Å². The van der Waals surface area contributed by atoms with Gasteiger partial charge in [0.2, 0.25) is 0 Å². The third-order valence-corrected chi connectivity index (χ3v) is 4.31. The van der Waals surface area contributed by atoms with Gasteiger partial charge in [0, 0.05) is 12.6 Å². The molecule has 1 saturated carbocycles. The fourth-order valence-electron chi connectivity index (χ4n) is 3.04. The third kappa shape index (κ3) is 3.04. The Labute approximate surface area is 118 Å². The maximum atomic E-state index is 10.9. The van der Waals surface area contributed by atoms with Crippen molar-refractivity contribution in [2.45, 2.75) is 38.8 Å². The second kappa shape index (κ2) is 5.58. The Hall–Kier alpha value is -1.33. The first kappa shape index (κ1) is 13.6. The van der Waals surface area contributed by atoms with E-state index >= 15 is 0 Å². The molecule has 20 heavy (non-hydrogen) atoms. The summed E-state index contributed by atoms with van der Waals surface area (Å²) in [6, 6.07) is 2.49. The Morgan fingerprint density at radius 1 is 1.50 bits per heavy atom. The number of carbonyl (C=O) groups is 1. The molecule has 110 valence electrons. The summed E-state index contributed by atoms with van der Waals surface area (Å²) in [6.45, 7) is 5.71. The van der Waals surface area contributed by atoms with Crippen molar-refractivity contribution in [3.63, 3.8) is 0 Å². The SMILES string of the molecule is Cc1oc(CNCC2CCN(C3CC3)C2)cc1C(=O)O. The molecule has 1 saturated heterocycles. The number of rotatable bonds is 6. The molecular formula is C15H22N2O3. The smallest absolute Gasteiger partial charge is 0.339 e. The summed E-state index contributed by atoms with van der Waals surface area (Å²) in [4.78, 5) is 13.5. The van der Waals surface area contributed by atoms with Crippen LogP contribution in [0.4, 0.5) is 0 Å². The van der Waals surface area contributed by atoms with Crippen LogP contribution in [0.2, 0.25) is 0 Å². The van der Waals surface area contributed by atoms with Crippen molar-refractivity contribution in [1.82, 2.24) is 10.2 Å². The molecule has 1 unspecified atom stereocenters. The molecular weight excluding hydrogens is 256 g/mol. The van der Waals surface area contributed by atoms with E-state index in [0.717, 1.165) is 12.6 Å². The first-order chi connectivity index (χ1) is 9.63. The van der Waals surface area contributed by atoms with E-state index in [0.29, 0.717) is 24.0 Å². The summed E-state index contributed by atoms with van der Waals surface area (Å²) in [5.74, 6) is 0.978. The summed E-state index contributed by atoms with van der Waals surface area (Å²) < 4.78 is 5.46. The van der Waals surface area contributed by atoms with Crippen LogP contribution in [0.1, 0.15) is 41.1 Å². The van der Waals surface area contributed by atoms with Crippen LogP contribution in [0.5, 0.6) is 0 Å². The average molecular weight is 278 g/mol. The van der Waals surface area contributed by atoms with Gasteiger partial charge in [0.15, 0.2) is 0 Å². The number of furan rings is 1. The minimum Gasteiger partial charge on any atom is -0.478 e. The van der Waals surface area contributed by atoms with Gasteiger partial charge in [0.05, 0.1) is 6.54 Å². The molecule has 1 aliphatic carbocycles. The molecule has 1 aromatic heterocycles. The Kier molecular flexibility index (Phi) is 3.81. The number of hydrogen-bond donors (Lipinski definition) is 2. The van der Waals surface area contributed by atoms with Crippen LogP contribution in [-0.2, 0) is 6.54 Å². The van der Waals surface area contributed by atoms with Gasteiger partial charge in [0.25, 0.3) is 0 Å². The first-order valence-electron chi connectivity index (χ1n) is 7.41. The Balaban J connectivity index is 1.43. The molecule has 0 spiro atoms. The topological polar surface area (TPSA) is 65.7 Å². The zero-order chi connectivity index (χ0) is 14.1. The molecule has 0 bridgehead atoms. The maximum absolute atomic E-state index is 10.9. The van der Waals surface area contributed by atoms with Crippen LogP contribution in [0.25, 0.3) is 0 Å². The van der Waals surface area contributed by atoms with Gasteiger partial charge in [-0.3, -0.25) is 0 Å². The van der Waals surface area contributed by atoms with Crippen LogP contribution >= 0.6 is 0 Å². The van der Waals surface area contributed by atoms with Gasteiger partial charge in [-0.25, -0.2) is 4.79 Å². The zero-order valence-corrected chi connectivity index (χ0v) is 11.9. The van der Waals surface area contributed by atoms with Crippen molar-refractivity contribution in [3.8, 4) is 0 Å². The zero-order valence-electron chi connectivity index (χ0n) is 11.9. The van der Waals surface area contributed by atoms with Crippen LogP contribution in [0.3, 0.4) is 0 Å². The number of carboxylic acids is 1. The van der Waals surface area contributed by atoms with Gasteiger partial charge >= 0.3 is 5.97 Å². The third-order valence-electron chi connectivity index (χ3n) is 4.31. The minimum atomic E-state index is -0.923. The van der Waals surface area contributed by atoms with Gasteiger partial charge in [0.1, 0.15) is 17.1 Å². The summed E-state index contributed by atoms with van der Waals surface area (Å²) in [7, 11) is 0. The van der Waals surface area contributed by atoms with Crippen molar-refractivity contribution in [1.29, 1.82) is 0 Å². The molecule has 5 nitrogen and oxygen atoms in total. The molecule has 2 fully saturated rings. The van der Waals surface area contributed by atoms with E-state index in [1.54, 1.807) is 13.0 Å². The average Bonchev–Trinajstić information content (AvgIpc) is 3.03. The molecule has 0 amide bonds. The van der Waals surface area contributed by atoms with E-state index < -0.39 is 5.97 Å². The highest BCUT2D eigenvalue weighted by Crippen LogP contribution is 2.31. The second-order valence-electron chi connectivity index (χ2n) is 6.00. The predicted molar refractivity (Wildman–Crippen MR) is 74.8 cm³/mol. The minimum absolute atomic E-state index is 0.266. The van der Waals surface area contributed by atoms with Gasteiger partial charge < -0.3 is 19.7 Å². The summed E-state index contributed by atoms with van der Waals surface area (Å²) in [5.41, 5.74) is 0.266. The lowest BCUT2D eigenvalue weighted by molar-refractivity contribution is 0.0695. The summed E-state index contributed by atoms with van der Waals surface area (Å²) in [6.07, 6.45) is 4.02. The normalized spacial score (nSPS) is 23.4. The quantitative estimate of drug-likeness (QED) is 0.831. The molecule has 2 heterocycles. The second-order valence-corrected chi connectivity index (χ2v) is 6.00. The van der Waals surface area contributed by atoms with Crippen molar-refractivity contribution in [2.75, 3.05) is 19.6 Å². The molecule has 2 N–H and O–H groups in total. The number of hydrogen-bond acceptors (Lipinski definition) is 4. The summed E-state index contributed by atoms with van der Waals surface area (Å²) >= 11 is 0. The summed E-state index contributed by atoms with van der Waals surface area (Å²) in [5, 5.41) is 12.4. The van der Waals surface area contributed by atoms with Crippen molar-refractivity contribution in [2.24, 2.45) is 5.92 Å². The van der Waals surface area contributed by atoms with E-state index in [9.17, 15) is 4.79 Å². The lowest BCUT2D eigenvalue weighted by Gasteiger charge is -2.14. The molecule has 1 aliphatic heterocycles. The Morgan fingerprint density at radius 3 is 2.95 bits per heavy atom. The van der Waals surface area contributed by atoms with Crippen molar-refractivity contribution < 1.29 is 14.3 Å². The van der Waals surface area contributed by atoms with Crippen LogP contribution in [-0.4, -0.2) is 41.7 Å². The molecule has 5 heteroatoms. The maximum Gasteiger partial charge on any atom is 0.339 e. The van der Waals surface area contributed by atoms with E-state index in [2.05, 4.69) is 10.2 Å². The van der Waals surface area contributed by atoms with E-state index in [1.807, 2.05) is 0 Å². The Bertz CT molecular complexity index is 493. The van der Waals surface area contributed by atoms with E-state index in [-0.39, 0.29) is 5.56 Å². The van der Waals surface area contributed by atoms with Crippen LogP contribution in [0.15, 0.2) is 10.5 Å². The number of aryl methyl sites for hydroxylation is 1. The number of likely N-dealkylation sites (tertiary alicyclic amines) is 1. The van der Waals surface area contributed by atoms with Gasteiger partial charge in [-0.15, -0.1) is 0 Å². The number of nitrogens with one attached hydrogen (secondary N) is 1. The van der Waals surface area contributed by atoms with Gasteiger partial charge in [-0.05, 0) is 51.3 Å². The van der Waals surface area contributed by atoms with Crippen molar-refractivity contribution in [3.05, 3.63) is 23.2 Å². The predicted octanol–water partition coefficient (Wildman–Crippen LogP) is 1.86. The van der Waals surface area contributed by atoms with Crippen molar-refractivity contribution >= 4 is 5.97 Å². The molecule has 2 aliphatic rings. The highest BCUT2D eigenvalue weighted by atomic mass is 16.4. The highest BCUT2D eigenvalue weighted by molar-refractivity contribution is 5.88. The molecule has 0 radical (unpaired) electrons. The molecule has 0 aromatic carbocycles. The number of carboxylic acid groups (broad SMARTS) is 1. The number of aromatic carboxylic acids is 1. The fraction of sp³-hybridized carbons (Fsp3) is 0.667. The van der Waals surface area contributed by atoms with E-state index in [4.69, 9.17) is 9.52 Å². The van der Waals surface area contributed by atoms with Crippen LogP contribution < -0.4 is 5.32 Å². The monoisotopic (exact) mass is 278 g/mol. The van der Waals surface area contributed by atoms with E-state index in [1.165, 1.54) is 32.4 Å².